The summed E-state index contributed by atoms with van der Waals surface area (Å²) < 4.78 is 0. The molecule has 0 radical (unpaired) electrons. The minimum atomic E-state index is -0.210. The third kappa shape index (κ3) is 5.35. The fourth-order valence-corrected chi connectivity index (χ4v) is 3.26. The Hall–Kier alpha value is -1.34. The van der Waals surface area contributed by atoms with Crippen molar-refractivity contribution in [2.45, 2.75) is 32.4 Å². The number of aliphatic imine (C=N–C) groups is 1. The van der Waals surface area contributed by atoms with Crippen LogP contribution >= 0.6 is 0 Å². The van der Waals surface area contributed by atoms with E-state index in [-0.39, 0.29) is 11.4 Å². The third-order valence-electron chi connectivity index (χ3n) is 4.36. The Labute approximate surface area is 140 Å². The Kier molecular flexibility index (Phi) is 5.86. The molecule has 0 spiro atoms. The molecule has 132 valence electrons. The van der Waals surface area contributed by atoms with Gasteiger partial charge in [-0.15, -0.1) is 0 Å². The maximum absolute atomic E-state index is 12.0. The fourth-order valence-electron chi connectivity index (χ4n) is 3.26. The van der Waals surface area contributed by atoms with Crippen molar-refractivity contribution in [3.8, 4) is 0 Å². The topological polar surface area (TPSA) is 63.2 Å². The number of carbonyl (C=O) groups excluding carboxylic acids is 1. The Balaban J connectivity index is 1.79. The van der Waals surface area contributed by atoms with Crippen molar-refractivity contribution in [2.24, 2.45) is 4.99 Å². The second-order valence-electron chi connectivity index (χ2n) is 7.57. The highest BCUT2D eigenvalue weighted by molar-refractivity contribution is 5.86. The van der Waals surface area contributed by atoms with E-state index in [1.54, 1.807) is 7.05 Å². The predicted octanol–water partition coefficient (Wildman–Crippen LogP) is -0.592. The molecule has 1 amide bonds. The summed E-state index contributed by atoms with van der Waals surface area (Å²) in [5.74, 6) is 0.779. The molecule has 3 saturated heterocycles. The minimum absolute atomic E-state index is 0.00883. The number of rotatable bonds is 4. The van der Waals surface area contributed by atoms with Gasteiger partial charge in [0.15, 0.2) is 5.96 Å². The molecule has 7 nitrogen and oxygen atoms in total. The summed E-state index contributed by atoms with van der Waals surface area (Å²) in [5, 5.41) is 6.40. The van der Waals surface area contributed by atoms with Crippen molar-refractivity contribution in [3.63, 3.8) is 0 Å². The zero-order valence-electron chi connectivity index (χ0n) is 15.2. The molecule has 23 heavy (non-hydrogen) atoms. The molecule has 1 unspecified atom stereocenters. The van der Waals surface area contributed by atoms with E-state index in [1.165, 1.54) is 13.1 Å². The molecule has 3 aliphatic rings. The minimum Gasteiger partial charge on any atom is -0.355 e. The molecule has 7 heteroatoms. The lowest BCUT2D eigenvalue weighted by Gasteiger charge is -2.47. The summed E-state index contributed by atoms with van der Waals surface area (Å²) in [6.07, 6.45) is 0. The molecule has 3 rings (SSSR count). The van der Waals surface area contributed by atoms with Gasteiger partial charge in [0.1, 0.15) is 0 Å². The van der Waals surface area contributed by atoms with Gasteiger partial charge in [-0.3, -0.25) is 19.6 Å². The van der Waals surface area contributed by atoms with Gasteiger partial charge in [0, 0.05) is 64.9 Å². The van der Waals surface area contributed by atoms with E-state index in [0.717, 1.165) is 32.1 Å². The molecule has 0 aromatic carbocycles. The summed E-state index contributed by atoms with van der Waals surface area (Å²) >= 11 is 0. The predicted molar refractivity (Wildman–Crippen MR) is 93.7 cm³/mol. The number of nitrogens with one attached hydrogen (secondary N) is 2. The first-order chi connectivity index (χ1) is 10.8. The second kappa shape index (κ2) is 7.49. The number of likely N-dealkylation sites (N-methyl/N-ethyl adjacent to an activating group) is 1. The van der Waals surface area contributed by atoms with Gasteiger partial charge in [-0.2, -0.15) is 0 Å². The van der Waals surface area contributed by atoms with Crippen LogP contribution in [-0.2, 0) is 4.79 Å². The smallest absolute Gasteiger partial charge is 0.240 e. The van der Waals surface area contributed by atoms with Gasteiger partial charge in [0.05, 0.1) is 6.54 Å². The van der Waals surface area contributed by atoms with Crippen LogP contribution in [0.3, 0.4) is 0 Å². The average molecular weight is 324 g/mol. The number of carbonyl (C=O) groups is 1. The molecule has 3 heterocycles. The van der Waals surface area contributed by atoms with Crippen molar-refractivity contribution in [3.05, 3.63) is 0 Å². The molecular weight excluding hydrogens is 292 g/mol. The highest BCUT2D eigenvalue weighted by Crippen LogP contribution is 2.14. The van der Waals surface area contributed by atoms with E-state index >= 15 is 0 Å². The summed E-state index contributed by atoms with van der Waals surface area (Å²) in [6, 6.07) is 0.533. The maximum atomic E-state index is 12.0. The summed E-state index contributed by atoms with van der Waals surface area (Å²) in [5.41, 5.74) is -0.210. The van der Waals surface area contributed by atoms with Crippen LogP contribution in [0.2, 0.25) is 0 Å². The van der Waals surface area contributed by atoms with Gasteiger partial charge in [-0.05, 0) is 20.8 Å². The van der Waals surface area contributed by atoms with Crippen LogP contribution in [0, 0.1) is 0 Å². The molecule has 0 aliphatic carbocycles. The lowest BCUT2D eigenvalue weighted by Crippen LogP contribution is -2.64. The third-order valence-corrected chi connectivity index (χ3v) is 4.36. The largest absolute Gasteiger partial charge is 0.355 e. The van der Waals surface area contributed by atoms with Crippen molar-refractivity contribution >= 4 is 11.9 Å². The number of guanidine groups is 1. The normalized spacial score (nSPS) is 27.7. The van der Waals surface area contributed by atoms with E-state index in [1.807, 2.05) is 32.7 Å². The van der Waals surface area contributed by atoms with Crippen LogP contribution in [-0.4, -0.2) is 98.1 Å². The molecule has 1 atom stereocenters. The van der Waals surface area contributed by atoms with Gasteiger partial charge < -0.3 is 15.5 Å². The van der Waals surface area contributed by atoms with Crippen LogP contribution in [0.5, 0.6) is 0 Å². The quantitative estimate of drug-likeness (QED) is 0.535. The maximum Gasteiger partial charge on any atom is 0.240 e. The van der Waals surface area contributed by atoms with E-state index < -0.39 is 0 Å². The van der Waals surface area contributed by atoms with Crippen LogP contribution < -0.4 is 10.6 Å². The van der Waals surface area contributed by atoms with E-state index in [0.29, 0.717) is 12.6 Å². The van der Waals surface area contributed by atoms with Crippen LogP contribution in [0.4, 0.5) is 0 Å². The Bertz CT molecular complexity index is 436. The van der Waals surface area contributed by atoms with Crippen molar-refractivity contribution < 1.29 is 4.79 Å². The lowest BCUT2D eigenvalue weighted by molar-refractivity contribution is -0.122. The van der Waals surface area contributed by atoms with Crippen molar-refractivity contribution in [1.29, 1.82) is 0 Å². The van der Waals surface area contributed by atoms with Crippen LogP contribution in [0.15, 0.2) is 4.99 Å². The van der Waals surface area contributed by atoms with Gasteiger partial charge in [0.2, 0.25) is 5.91 Å². The highest BCUT2D eigenvalue weighted by Gasteiger charge is 2.31. The summed E-state index contributed by atoms with van der Waals surface area (Å²) in [4.78, 5) is 23.3. The molecule has 2 N–H and O–H groups in total. The Morgan fingerprint density at radius 2 is 1.91 bits per heavy atom. The van der Waals surface area contributed by atoms with E-state index in [9.17, 15) is 4.79 Å². The molecule has 3 aliphatic heterocycles. The zero-order valence-corrected chi connectivity index (χ0v) is 15.2. The SMILES string of the molecule is CN=C(NCC1CN2CCN1CC2)N(C)CC(=O)NC(C)(C)C. The standard InChI is InChI=1S/C16H32N6O/c1-16(2,3)19-14(23)12-20(5)15(17-4)18-10-13-11-21-6-8-22(13)9-7-21/h13H,6-12H2,1-5H3,(H,17,18)(H,19,23). The molecular formula is C16H32N6O. The zero-order chi connectivity index (χ0) is 17.0. The monoisotopic (exact) mass is 324 g/mol. The summed E-state index contributed by atoms with van der Waals surface area (Å²) in [6.45, 7) is 13.0. The number of hydrogen-bond acceptors (Lipinski definition) is 4. The molecule has 2 bridgehead atoms. The fraction of sp³-hybridized carbons (Fsp3) is 0.875. The first kappa shape index (κ1) is 18.0. The van der Waals surface area contributed by atoms with E-state index in [2.05, 4.69) is 25.4 Å². The number of amides is 1. The highest BCUT2D eigenvalue weighted by atomic mass is 16.2. The molecule has 3 fully saturated rings. The van der Waals surface area contributed by atoms with Crippen LogP contribution in [0.25, 0.3) is 0 Å². The number of fused-ring (bicyclic) bond motifs is 3. The van der Waals surface area contributed by atoms with Gasteiger partial charge in [-0.1, -0.05) is 0 Å². The van der Waals surface area contributed by atoms with Gasteiger partial charge in [-0.25, -0.2) is 0 Å². The van der Waals surface area contributed by atoms with E-state index in [4.69, 9.17) is 0 Å². The first-order valence-electron chi connectivity index (χ1n) is 8.47. The Morgan fingerprint density at radius 3 is 2.39 bits per heavy atom. The average Bonchev–Trinajstić information content (AvgIpc) is 2.47. The Morgan fingerprint density at radius 1 is 1.26 bits per heavy atom. The van der Waals surface area contributed by atoms with Gasteiger partial charge in [0.25, 0.3) is 0 Å². The van der Waals surface area contributed by atoms with Crippen molar-refractivity contribution in [2.75, 3.05) is 59.9 Å². The number of nitrogens with zero attached hydrogens (tertiary/aromatic N) is 4. The van der Waals surface area contributed by atoms with Gasteiger partial charge >= 0.3 is 0 Å². The summed E-state index contributed by atoms with van der Waals surface area (Å²) in [7, 11) is 3.66. The number of piperazine rings is 3. The number of hydrogen-bond donors (Lipinski definition) is 2. The molecule has 0 aromatic rings. The first-order valence-corrected chi connectivity index (χ1v) is 8.47. The molecule has 0 aromatic heterocycles. The van der Waals surface area contributed by atoms with Crippen molar-refractivity contribution in [1.82, 2.24) is 25.3 Å². The molecule has 0 saturated carbocycles. The lowest BCUT2D eigenvalue weighted by atomic mass is 10.1. The van der Waals surface area contributed by atoms with Crippen LogP contribution in [0.1, 0.15) is 20.8 Å². The second-order valence-corrected chi connectivity index (χ2v) is 7.57.